The number of pyridine rings is 1. The molecule has 4 rings (SSSR count). The molecule has 1 aliphatic rings. The molecule has 1 saturated heterocycles. The maximum Gasteiger partial charge on any atom is 0.263 e. The largest absolute Gasteiger partial charge is 0.322 e. The molecule has 0 atom stereocenters. The maximum atomic E-state index is 12.9. The summed E-state index contributed by atoms with van der Waals surface area (Å²) >= 11 is 2.01. The Balaban J connectivity index is 1.46. The lowest BCUT2D eigenvalue weighted by Crippen LogP contribution is -2.32. The minimum Gasteiger partial charge on any atom is -0.322 e. The number of aromatic nitrogens is 1. The smallest absolute Gasteiger partial charge is 0.263 e. The van der Waals surface area contributed by atoms with E-state index in [2.05, 4.69) is 22.3 Å². The number of carbonyl (C=O) groups excluding carboxylic acids is 1. The van der Waals surface area contributed by atoms with Gasteiger partial charge in [-0.25, -0.2) is 0 Å². The first kappa shape index (κ1) is 21.4. The fraction of sp³-hybridized carbons (Fsp3) is 0.280. The van der Waals surface area contributed by atoms with Gasteiger partial charge < -0.3 is 9.88 Å². The maximum absolute atomic E-state index is 12.9. The molecule has 0 bridgehead atoms. The van der Waals surface area contributed by atoms with Crippen molar-refractivity contribution in [2.75, 3.05) is 29.9 Å². The molecule has 2 aromatic carbocycles. The zero-order valence-electron chi connectivity index (χ0n) is 17.7. The monoisotopic (exact) mass is 433 g/mol. The van der Waals surface area contributed by atoms with Crippen molar-refractivity contribution >= 4 is 23.4 Å². The highest BCUT2D eigenvalue weighted by Gasteiger charge is 2.15. The number of anilines is 1. The van der Waals surface area contributed by atoms with Crippen molar-refractivity contribution in [1.29, 1.82) is 0 Å². The van der Waals surface area contributed by atoms with Gasteiger partial charge in [0.05, 0.1) is 6.54 Å². The van der Waals surface area contributed by atoms with Crippen molar-refractivity contribution in [3.63, 3.8) is 0 Å². The van der Waals surface area contributed by atoms with Gasteiger partial charge in [0, 0.05) is 43.0 Å². The topological polar surface area (TPSA) is 54.3 Å². The first-order chi connectivity index (χ1) is 15.1. The molecule has 0 radical (unpaired) electrons. The summed E-state index contributed by atoms with van der Waals surface area (Å²) < 4.78 is 1.57. The molecule has 3 aromatic rings. The summed E-state index contributed by atoms with van der Waals surface area (Å²) in [5.41, 5.74) is 3.85. The van der Waals surface area contributed by atoms with Crippen LogP contribution in [0.2, 0.25) is 0 Å². The molecule has 1 N–H and O–H groups in total. The lowest BCUT2D eigenvalue weighted by Gasteiger charge is -2.26. The fourth-order valence-electron chi connectivity index (χ4n) is 3.79. The van der Waals surface area contributed by atoms with Crippen LogP contribution in [0.25, 0.3) is 0 Å². The molecule has 2 heterocycles. The van der Waals surface area contributed by atoms with Crippen LogP contribution in [0.1, 0.15) is 27.0 Å². The number of thioether (sulfide) groups is 1. The summed E-state index contributed by atoms with van der Waals surface area (Å²) in [4.78, 5) is 28.2. The van der Waals surface area contributed by atoms with Crippen LogP contribution in [0.5, 0.6) is 0 Å². The van der Waals surface area contributed by atoms with Gasteiger partial charge in [-0.3, -0.25) is 14.5 Å². The molecule has 0 unspecified atom stereocenters. The second-order valence-electron chi connectivity index (χ2n) is 7.83. The normalized spacial score (nSPS) is 14.4. The SMILES string of the molecule is Cc1cc(CN2CCSCC2)ccc1NC(=O)c1cccn(Cc2ccccc2)c1=O. The molecule has 6 heteroatoms. The van der Waals surface area contributed by atoms with E-state index < -0.39 is 0 Å². The Morgan fingerprint density at radius 1 is 0.968 bits per heavy atom. The van der Waals surface area contributed by atoms with E-state index in [0.717, 1.165) is 36.4 Å². The van der Waals surface area contributed by atoms with Gasteiger partial charge in [-0.1, -0.05) is 42.5 Å². The van der Waals surface area contributed by atoms with Crippen LogP contribution >= 0.6 is 11.8 Å². The Bertz CT molecular complexity index is 1110. The minimum atomic E-state index is -0.378. The van der Waals surface area contributed by atoms with Crippen LogP contribution in [-0.2, 0) is 13.1 Å². The second-order valence-corrected chi connectivity index (χ2v) is 9.06. The first-order valence-electron chi connectivity index (χ1n) is 10.5. The summed E-state index contributed by atoms with van der Waals surface area (Å²) in [5, 5.41) is 2.92. The van der Waals surface area contributed by atoms with Gasteiger partial charge in [-0.15, -0.1) is 0 Å². The average molecular weight is 434 g/mol. The van der Waals surface area contributed by atoms with Gasteiger partial charge in [0.2, 0.25) is 0 Å². The number of benzene rings is 2. The van der Waals surface area contributed by atoms with Crippen molar-refractivity contribution in [3.05, 3.63) is 99.5 Å². The number of aryl methyl sites for hydroxylation is 1. The fourth-order valence-corrected chi connectivity index (χ4v) is 4.76. The average Bonchev–Trinajstić information content (AvgIpc) is 2.78. The molecular weight excluding hydrogens is 406 g/mol. The molecule has 5 nitrogen and oxygen atoms in total. The van der Waals surface area contributed by atoms with Crippen molar-refractivity contribution in [1.82, 2.24) is 9.47 Å². The third-order valence-corrected chi connectivity index (χ3v) is 6.45. The Kier molecular flexibility index (Phi) is 6.89. The van der Waals surface area contributed by atoms with Crippen molar-refractivity contribution in [3.8, 4) is 0 Å². The lowest BCUT2D eigenvalue weighted by atomic mass is 10.1. The number of carbonyl (C=O) groups is 1. The summed E-state index contributed by atoms with van der Waals surface area (Å²) in [7, 11) is 0. The van der Waals surface area contributed by atoms with Crippen LogP contribution in [0, 0.1) is 6.92 Å². The molecule has 0 spiro atoms. The van der Waals surface area contributed by atoms with Gasteiger partial charge in [0.15, 0.2) is 0 Å². The molecule has 1 aliphatic heterocycles. The Hall–Kier alpha value is -2.83. The number of amides is 1. The molecule has 1 amide bonds. The van der Waals surface area contributed by atoms with Crippen molar-refractivity contribution in [2.45, 2.75) is 20.0 Å². The van der Waals surface area contributed by atoms with Crippen LogP contribution < -0.4 is 10.9 Å². The van der Waals surface area contributed by atoms with E-state index in [1.54, 1.807) is 22.9 Å². The van der Waals surface area contributed by atoms with E-state index in [0.29, 0.717) is 6.54 Å². The van der Waals surface area contributed by atoms with Crippen molar-refractivity contribution < 1.29 is 4.79 Å². The van der Waals surface area contributed by atoms with E-state index >= 15 is 0 Å². The predicted octanol–water partition coefficient (Wildman–Crippen LogP) is 4.01. The van der Waals surface area contributed by atoms with Crippen molar-refractivity contribution in [2.24, 2.45) is 0 Å². The summed E-state index contributed by atoms with van der Waals surface area (Å²) in [6, 6.07) is 19.2. The summed E-state index contributed by atoms with van der Waals surface area (Å²) in [6.45, 7) is 5.59. The predicted molar refractivity (Wildman–Crippen MR) is 128 cm³/mol. The molecule has 160 valence electrons. The Morgan fingerprint density at radius 3 is 2.48 bits per heavy atom. The van der Waals surface area contributed by atoms with Gasteiger partial charge in [0.25, 0.3) is 11.5 Å². The van der Waals surface area contributed by atoms with Gasteiger partial charge in [-0.05, 0) is 41.8 Å². The Labute approximate surface area is 187 Å². The molecule has 1 aromatic heterocycles. The highest BCUT2D eigenvalue weighted by molar-refractivity contribution is 7.99. The van der Waals surface area contributed by atoms with E-state index in [1.165, 1.54) is 17.1 Å². The number of hydrogen-bond donors (Lipinski definition) is 1. The zero-order chi connectivity index (χ0) is 21.6. The third-order valence-electron chi connectivity index (χ3n) is 5.51. The standard InChI is InChI=1S/C25H27N3O2S/c1-19-16-21(17-27-12-14-31-15-13-27)9-10-23(19)26-24(29)22-8-5-11-28(25(22)30)18-20-6-3-2-4-7-20/h2-11,16H,12-15,17-18H2,1H3,(H,26,29). The lowest BCUT2D eigenvalue weighted by molar-refractivity contribution is 0.102. The Morgan fingerprint density at radius 2 is 1.74 bits per heavy atom. The van der Waals surface area contributed by atoms with E-state index in [-0.39, 0.29) is 17.0 Å². The molecule has 31 heavy (non-hydrogen) atoms. The van der Waals surface area contributed by atoms with Crippen LogP contribution in [0.3, 0.4) is 0 Å². The van der Waals surface area contributed by atoms with Crippen LogP contribution in [0.15, 0.2) is 71.7 Å². The first-order valence-corrected chi connectivity index (χ1v) is 11.7. The number of nitrogens with zero attached hydrogens (tertiary/aromatic N) is 2. The van der Waals surface area contributed by atoms with Crippen LogP contribution in [0.4, 0.5) is 5.69 Å². The number of nitrogens with one attached hydrogen (secondary N) is 1. The molecule has 0 saturated carbocycles. The molecule has 0 aliphatic carbocycles. The van der Waals surface area contributed by atoms with Gasteiger partial charge in [0.1, 0.15) is 5.56 Å². The van der Waals surface area contributed by atoms with Gasteiger partial charge in [-0.2, -0.15) is 11.8 Å². The van der Waals surface area contributed by atoms with Gasteiger partial charge >= 0.3 is 0 Å². The van der Waals surface area contributed by atoms with E-state index in [9.17, 15) is 9.59 Å². The highest BCUT2D eigenvalue weighted by atomic mass is 32.2. The second kappa shape index (κ2) is 9.98. The third kappa shape index (κ3) is 5.46. The quantitative estimate of drug-likeness (QED) is 0.638. The minimum absolute atomic E-state index is 0.146. The molecular formula is C25H27N3O2S. The number of rotatable bonds is 6. The summed E-state index contributed by atoms with van der Waals surface area (Å²) in [6.07, 6.45) is 1.71. The molecule has 1 fully saturated rings. The zero-order valence-corrected chi connectivity index (χ0v) is 18.5. The van der Waals surface area contributed by atoms with E-state index in [1.807, 2.05) is 55.1 Å². The highest BCUT2D eigenvalue weighted by Crippen LogP contribution is 2.20. The van der Waals surface area contributed by atoms with E-state index in [4.69, 9.17) is 0 Å². The summed E-state index contributed by atoms with van der Waals surface area (Å²) in [5.74, 6) is 1.99. The van der Waals surface area contributed by atoms with Crippen LogP contribution in [-0.4, -0.2) is 40.0 Å². The number of hydrogen-bond acceptors (Lipinski definition) is 4.